The molecule has 1 amide bonds. The number of nitriles is 1. The van der Waals surface area contributed by atoms with Gasteiger partial charge in [-0.1, -0.05) is 18.2 Å². The highest BCUT2D eigenvalue weighted by Gasteiger charge is 2.08. The second-order valence-electron chi connectivity index (χ2n) is 3.58. The number of hydrogen-bond acceptors (Lipinski definition) is 4. The molecule has 18 heavy (non-hydrogen) atoms. The van der Waals surface area contributed by atoms with E-state index < -0.39 is 11.9 Å². The third-order valence-corrected chi connectivity index (χ3v) is 2.19. The van der Waals surface area contributed by atoms with Crippen molar-refractivity contribution < 1.29 is 9.53 Å². The van der Waals surface area contributed by atoms with E-state index in [-0.39, 0.29) is 6.61 Å². The minimum Gasteiger partial charge on any atom is -0.484 e. The van der Waals surface area contributed by atoms with Gasteiger partial charge in [-0.2, -0.15) is 5.26 Å². The van der Waals surface area contributed by atoms with E-state index in [4.69, 9.17) is 15.7 Å². The molecule has 94 valence electrons. The first kappa shape index (κ1) is 13.7. The van der Waals surface area contributed by atoms with E-state index in [1.54, 1.807) is 30.3 Å². The standard InChI is InChI=1S/C13H15N3O2/c1-2-7-16-12(8-14)10-3-5-11(6-4-10)18-9-13(15)17/h2-6,12,16H,1,7,9H2,(H2,15,17). The lowest BCUT2D eigenvalue weighted by atomic mass is 10.1. The summed E-state index contributed by atoms with van der Waals surface area (Å²) in [5.41, 5.74) is 5.79. The number of benzene rings is 1. The Hall–Kier alpha value is -2.32. The molecule has 0 aliphatic rings. The van der Waals surface area contributed by atoms with Gasteiger partial charge in [-0.05, 0) is 17.7 Å². The zero-order valence-electron chi connectivity index (χ0n) is 9.93. The van der Waals surface area contributed by atoms with E-state index in [0.29, 0.717) is 12.3 Å². The molecule has 0 heterocycles. The largest absolute Gasteiger partial charge is 0.484 e. The number of nitrogens with zero attached hydrogens (tertiary/aromatic N) is 1. The molecule has 3 N–H and O–H groups in total. The molecule has 1 aromatic rings. The summed E-state index contributed by atoms with van der Waals surface area (Å²) in [5.74, 6) is 0.0135. The molecule has 1 aromatic carbocycles. The van der Waals surface area contributed by atoms with Gasteiger partial charge in [0, 0.05) is 6.54 Å². The van der Waals surface area contributed by atoms with Crippen molar-refractivity contribution in [2.75, 3.05) is 13.2 Å². The topological polar surface area (TPSA) is 88.1 Å². The third kappa shape index (κ3) is 4.28. The normalized spacial score (nSPS) is 11.3. The van der Waals surface area contributed by atoms with Crippen molar-refractivity contribution in [2.45, 2.75) is 6.04 Å². The molecule has 1 atom stereocenters. The van der Waals surface area contributed by atoms with Crippen molar-refractivity contribution in [1.82, 2.24) is 5.32 Å². The summed E-state index contributed by atoms with van der Waals surface area (Å²) in [6, 6.07) is 8.67. The molecule has 0 saturated heterocycles. The molecule has 1 rings (SSSR count). The fourth-order valence-electron chi connectivity index (χ4n) is 1.35. The molecule has 0 fully saturated rings. The minimum atomic E-state index is -0.526. The van der Waals surface area contributed by atoms with Crippen LogP contribution >= 0.6 is 0 Å². The molecule has 0 aliphatic carbocycles. The molecule has 0 bridgehead atoms. The SMILES string of the molecule is C=CCNC(C#N)c1ccc(OCC(N)=O)cc1. The van der Waals surface area contributed by atoms with Gasteiger partial charge in [-0.15, -0.1) is 6.58 Å². The maximum absolute atomic E-state index is 10.5. The second kappa shape index (κ2) is 7.09. The molecule has 0 aromatic heterocycles. The summed E-state index contributed by atoms with van der Waals surface area (Å²) < 4.78 is 5.12. The number of ether oxygens (including phenoxy) is 1. The van der Waals surface area contributed by atoms with Crippen LogP contribution in [0.25, 0.3) is 0 Å². The summed E-state index contributed by atoms with van der Waals surface area (Å²) >= 11 is 0. The highest BCUT2D eigenvalue weighted by atomic mass is 16.5. The van der Waals surface area contributed by atoms with E-state index in [0.717, 1.165) is 5.56 Å². The van der Waals surface area contributed by atoms with Crippen molar-refractivity contribution in [3.05, 3.63) is 42.5 Å². The van der Waals surface area contributed by atoms with E-state index in [9.17, 15) is 4.79 Å². The average Bonchev–Trinajstić information content (AvgIpc) is 2.38. The first-order chi connectivity index (χ1) is 8.67. The highest BCUT2D eigenvalue weighted by molar-refractivity contribution is 5.75. The predicted octanol–water partition coefficient (Wildman–Crippen LogP) is 0.891. The smallest absolute Gasteiger partial charge is 0.255 e. The molecule has 0 radical (unpaired) electrons. The highest BCUT2D eigenvalue weighted by Crippen LogP contribution is 2.17. The van der Waals surface area contributed by atoms with Crippen molar-refractivity contribution in [1.29, 1.82) is 5.26 Å². The molecular formula is C13H15N3O2. The minimum absolute atomic E-state index is 0.157. The zero-order valence-corrected chi connectivity index (χ0v) is 9.93. The second-order valence-corrected chi connectivity index (χ2v) is 3.58. The lowest BCUT2D eigenvalue weighted by Crippen LogP contribution is -2.20. The first-order valence-corrected chi connectivity index (χ1v) is 5.42. The third-order valence-electron chi connectivity index (χ3n) is 2.19. The van der Waals surface area contributed by atoms with Crippen molar-refractivity contribution in [3.8, 4) is 11.8 Å². The van der Waals surface area contributed by atoms with Gasteiger partial charge in [0.1, 0.15) is 11.8 Å². The Labute approximate surface area is 106 Å². The van der Waals surface area contributed by atoms with Gasteiger partial charge in [-0.3, -0.25) is 10.1 Å². The van der Waals surface area contributed by atoms with Gasteiger partial charge in [-0.25, -0.2) is 0 Å². The summed E-state index contributed by atoms with van der Waals surface area (Å²) in [7, 11) is 0. The van der Waals surface area contributed by atoms with Crippen LogP contribution in [0.15, 0.2) is 36.9 Å². The van der Waals surface area contributed by atoms with Crippen LogP contribution in [-0.4, -0.2) is 19.1 Å². The van der Waals surface area contributed by atoms with Crippen LogP contribution in [0, 0.1) is 11.3 Å². The van der Waals surface area contributed by atoms with Crippen LogP contribution in [0.2, 0.25) is 0 Å². The Balaban J connectivity index is 2.66. The quantitative estimate of drug-likeness (QED) is 0.698. The van der Waals surface area contributed by atoms with Crippen molar-refractivity contribution in [2.24, 2.45) is 5.73 Å². The maximum atomic E-state index is 10.5. The van der Waals surface area contributed by atoms with Crippen LogP contribution in [0.4, 0.5) is 0 Å². The number of hydrogen-bond donors (Lipinski definition) is 2. The number of nitrogens with two attached hydrogens (primary N) is 1. The number of rotatable bonds is 7. The van der Waals surface area contributed by atoms with Gasteiger partial charge >= 0.3 is 0 Å². The van der Waals surface area contributed by atoms with Crippen molar-refractivity contribution in [3.63, 3.8) is 0 Å². The predicted molar refractivity (Wildman–Crippen MR) is 67.7 cm³/mol. The Morgan fingerprint density at radius 1 is 1.56 bits per heavy atom. The Morgan fingerprint density at radius 2 is 2.22 bits per heavy atom. The average molecular weight is 245 g/mol. The van der Waals surface area contributed by atoms with Crippen LogP contribution in [0.3, 0.4) is 0 Å². The Morgan fingerprint density at radius 3 is 2.72 bits per heavy atom. The van der Waals surface area contributed by atoms with Gasteiger partial charge in [0.15, 0.2) is 6.61 Å². The van der Waals surface area contributed by atoms with Gasteiger partial charge in [0.25, 0.3) is 5.91 Å². The van der Waals surface area contributed by atoms with Crippen molar-refractivity contribution >= 4 is 5.91 Å². The van der Waals surface area contributed by atoms with Gasteiger partial charge in [0.05, 0.1) is 6.07 Å². The number of amides is 1. The molecule has 5 nitrogen and oxygen atoms in total. The number of carbonyl (C=O) groups excluding carboxylic acids is 1. The van der Waals surface area contributed by atoms with E-state index in [2.05, 4.69) is 18.0 Å². The molecule has 0 spiro atoms. The molecule has 1 unspecified atom stereocenters. The summed E-state index contributed by atoms with van der Waals surface area (Å²) in [5, 5.41) is 12.0. The lowest BCUT2D eigenvalue weighted by molar-refractivity contribution is -0.119. The van der Waals surface area contributed by atoms with Gasteiger partial charge in [0.2, 0.25) is 0 Å². The van der Waals surface area contributed by atoms with Crippen LogP contribution in [0.5, 0.6) is 5.75 Å². The van der Waals surface area contributed by atoms with E-state index in [1.807, 2.05) is 0 Å². The van der Waals surface area contributed by atoms with Gasteiger partial charge < -0.3 is 10.5 Å². The summed E-state index contributed by atoms with van der Waals surface area (Å²) in [6.45, 7) is 3.98. The zero-order chi connectivity index (χ0) is 13.4. The Bertz CT molecular complexity index is 448. The number of nitrogens with one attached hydrogen (secondary N) is 1. The molecule has 0 saturated carbocycles. The maximum Gasteiger partial charge on any atom is 0.255 e. The number of primary amides is 1. The molecular weight excluding hydrogens is 230 g/mol. The number of carbonyl (C=O) groups is 1. The summed E-state index contributed by atoms with van der Waals surface area (Å²) in [6.07, 6.45) is 1.69. The Kier molecular flexibility index (Phi) is 5.42. The van der Waals surface area contributed by atoms with E-state index in [1.165, 1.54) is 0 Å². The van der Waals surface area contributed by atoms with E-state index >= 15 is 0 Å². The van der Waals surface area contributed by atoms with Crippen LogP contribution < -0.4 is 15.8 Å². The lowest BCUT2D eigenvalue weighted by Gasteiger charge is -2.11. The first-order valence-electron chi connectivity index (χ1n) is 5.42. The van der Waals surface area contributed by atoms with Crippen LogP contribution in [0.1, 0.15) is 11.6 Å². The summed E-state index contributed by atoms with van der Waals surface area (Å²) in [4.78, 5) is 10.5. The molecule has 0 aliphatic heterocycles. The molecule has 5 heteroatoms. The fourth-order valence-corrected chi connectivity index (χ4v) is 1.35. The fraction of sp³-hybridized carbons (Fsp3) is 0.231. The van der Waals surface area contributed by atoms with Crippen LogP contribution in [-0.2, 0) is 4.79 Å². The monoisotopic (exact) mass is 245 g/mol.